The molecular formula is C24H25N3O4. The van der Waals surface area contributed by atoms with Gasteiger partial charge in [0.1, 0.15) is 22.9 Å². The second-order valence-corrected chi connectivity index (χ2v) is 7.81. The summed E-state index contributed by atoms with van der Waals surface area (Å²) in [5.41, 5.74) is 4.76. The van der Waals surface area contributed by atoms with E-state index in [-0.39, 0.29) is 18.1 Å². The minimum Gasteiger partial charge on any atom is -0.496 e. The number of amides is 1. The zero-order valence-electron chi connectivity index (χ0n) is 18.3. The van der Waals surface area contributed by atoms with Gasteiger partial charge in [0.15, 0.2) is 5.78 Å². The molecule has 0 saturated carbocycles. The maximum atomic E-state index is 13.7. The fourth-order valence-electron chi connectivity index (χ4n) is 4.30. The Labute approximate surface area is 181 Å². The summed E-state index contributed by atoms with van der Waals surface area (Å²) in [6.45, 7) is 5.88. The normalized spacial score (nSPS) is 15.3. The summed E-state index contributed by atoms with van der Waals surface area (Å²) in [6.07, 6.45) is 0.0341. The molecule has 0 unspecified atom stereocenters. The van der Waals surface area contributed by atoms with Crippen molar-refractivity contribution >= 4 is 17.5 Å². The minimum absolute atomic E-state index is 0.0341. The van der Waals surface area contributed by atoms with Crippen molar-refractivity contribution < 1.29 is 19.1 Å². The number of aromatic nitrogens is 2. The van der Waals surface area contributed by atoms with E-state index in [1.54, 1.807) is 22.9 Å². The Morgan fingerprint density at radius 2 is 1.68 bits per heavy atom. The molecule has 1 aliphatic rings. The van der Waals surface area contributed by atoms with Gasteiger partial charge in [-0.25, -0.2) is 4.68 Å². The molecule has 0 bridgehead atoms. The lowest BCUT2D eigenvalue weighted by atomic mass is 9.84. The van der Waals surface area contributed by atoms with Crippen LogP contribution in [-0.2, 0) is 4.79 Å². The molecule has 2 aromatic carbocycles. The number of nitrogens with one attached hydrogen (secondary N) is 1. The molecule has 3 aromatic rings. The molecule has 7 heteroatoms. The van der Waals surface area contributed by atoms with Gasteiger partial charge in [-0.2, -0.15) is 5.10 Å². The lowest BCUT2D eigenvalue weighted by Gasteiger charge is -2.24. The van der Waals surface area contributed by atoms with Crippen LogP contribution in [-0.4, -0.2) is 35.7 Å². The number of anilines is 1. The van der Waals surface area contributed by atoms with Crippen LogP contribution in [0.25, 0.3) is 5.69 Å². The number of rotatable bonds is 5. The molecular weight excluding hydrogens is 394 g/mol. The molecule has 1 atom stereocenters. The standard InChI is InChI=1S/C24H25N3O4/c1-13-9-14(2)11-16(10-13)27-24-21(15(3)26-27)17(12-20(28)25-24)23(29)22-18(30-4)7-6-8-19(22)31-5/h6-11,17H,12H2,1-5H3,(H,25,28)/t17-/m0/s1. The second-order valence-electron chi connectivity index (χ2n) is 7.81. The zero-order valence-corrected chi connectivity index (χ0v) is 18.3. The van der Waals surface area contributed by atoms with Crippen molar-refractivity contribution in [3.63, 3.8) is 0 Å². The van der Waals surface area contributed by atoms with Crippen LogP contribution < -0.4 is 14.8 Å². The molecule has 160 valence electrons. The van der Waals surface area contributed by atoms with E-state index in [1.165, 1.54) is 14.2 Å². The number of Topliss-reactive ketones (excluding diaryl/α,β-unsaturated/α-hetero) is 1. The molecule has 0 aliphatic carbocycles. The molecule has 0 spiro atoms. The number of hydrogen-bond acceptors (Lipinski definition) is 5. The fraction of sp³-hybridized carbons (Fsp3) is 0.292. The highest BCUT2D eigenvalue weighted by Crippen LogP contribution is 2.41. The van der Waals surface area contributed by atoms with Crippen LogP contribution in [0.1, 0.15) is 45.1 Å². The topological polar surface area (TPSA) is 82.4 Å². The molecule has 0 fully saturated rings. The average molecular weight is 419 g/mol. The van der Waals surface area contributed by atoms with Crippen LogP contribution in [0.4, 0.5) is 5.82 Å². The summed E-state index contributed by atoms with van der Waals surface area (Å²) in [5, 5.41) is 7.60. The third-order valence-corrected chi connectivity index (χ3v) is 5.54. The Morgan fingerprint density at radius 1 is 1.06 bits per heavy atom. The van der Waals surface area contributed by atoms with Crippen LogP contribution >= 0.6 is 0 Å². The summed E-state index contributed by atoms with van der Waals surface area (Å²) in [4.78, 5) is 26.3. The highest BCUT2D eigenvalue weighted by molar-refractivity contribution is 6.10. The van der Waals surface area contributed by atoms with Crippen LogP contribution in [0.15, 0.2) is 36.4 Å². The Balaban J connectivity index is 1.87. The van der Waals surface area contributed by atoms with E-state index in [1.807, 2.05) is 32.9 Å². The third kappa shape index (κ3) is 3.56. The van der Waals surface area contributed by atoms with Crippen molar-refractivity contribution in [2.24, 2.45) is 0 Å². The van der Waals surface area contributed by atoms with E-state index in [2.05, 4.69) is 16.5 Å². The first kappa shape index (κ1) is 20.7. The molecule has 1 amide bonds. The van der Waals surface area contributed by atoms with Crippen LogP contribution in [0.2, 0.25) is 0 Å². The number of aryl methyl sites for hydroxylation is 3. The first-order chi connectivity index (χ1) is 14.8. The van der Waals surface area contributed by atoms with Gasteiger partial charge in [-0.3, -0.25) is 9.59 Å². The lowest BCUT2D eigenvalue weighted by Crippen LogP contribution is -2.29. The highest BCUT2D eigenvalue weighted by atomic mass is 16.5. The third-order valence-electron chi connectivity index (χ3n) is 5.54. The molecule has 1 aromatic heterocycles. The highest BCUT2D eigenvalue weighted by Gasteiger charge is 2.38. The van der Waals surface area contributed by atoms with E-state index in [0.29, 0.717) is 28.6 Å². The molecule has 1 aliphatic heterocycles. The average Bonchev–Trinajstić information content (AvgIpc) is 3.07. The largest absolute Gasteiger partial charge is 0.496 e. The lowest BCUT2D eigenvalue weighted by molar-refractivity contribution is -0.116. The van der Waals surface area contributed by atoms with Gasteiger partial charge in [-0.05, 0) is 56.2 Å². The van der Waals surface area contributed by atoms with E-state index in [0.717, 1.165) is 22.4 Å². The number of nitrogens with zero attached hydrogens (tertiary/aromatic N) is 2. The van der Waals surface area contributed by atoms with Crippen LogP contribution in [0, 0.1) is 20.8 Å². The van der Waals surface area contributed by atoms with E-state index >= 15 is 0 Å². The van der Waals surface area contributed by atoms with Crippen LogP contribution in [0.3, 0.4) is 0 Å². The molecule has 31 heavy (non-hydrogen) atoms. The summed E-state index contributed by atoms with van der Waals surface area (Å²) < 4.78 is 12.6. The van der Waals surface area contributed by atoms with E-state index < -0.39 is 5.92 Å². The Bertz CT molecular complexity index is 1150. The molecule has 7 nitrogen and oxygen atoms in total. The number of benzene rings is 2. The van der Waals surface area contributed by atoms with Crippen molar-refractivity contribution in [1.82, 2.24) is 9.78 Å². The van der Waals surface area contributed by atoms with E-state index in [9.17, 15) is 9.59 Å². The fourth-order valence-corrected chi connectivity index (χ4v) is 4.30. The monoisotopic (exact) mass is 419 g/mol. The number of methoxy groups -OCH3 is 2. The Hall–Kier alpha value is -3.61. The number of ketones is 1. The molecule has 0 saturated heterocycles. The SMILES string of the molecule is COc1cccc(OC)c1C(=O)[C@H]1CC(=O)Nc2c1c(C)nn2-c1cc(C)cc(C)c1. The quantitative estimate of drug-likeness (QED) is 0.629. The number of carbonyl (C=O) groups excluding carboxylic acids is 2. The molecule has 2 heterocycles. The van der Waals surface area contributed by atoms with Crippen molar-refractivity contribution in [3.8, 4) is 17.2 Å². The van der Waals surface area contributed by atoms with Crippen molar-refractivity contribution in [2.75, 3.05) is 19.5 Å². The van der Waals surface area contributed by atoms with Gasteiger partial charge in [-0.1, -0.05) is 12.1 Å². The van der Waals surface area contributed by atoms with Gasteiger partial charge < -0.3 is 14.8 Å². The number of hydrogen-bond donors (Lipinski definition) is 1. The van der Waals surface area contributed by atoms with Crippen molar-refractivity contribution in [2.45, 2.75) is 33.1 Å². The summed E-state index contributed by atoms with van der Waals surface area (Å²) in [5.74, 6) is 0.214. The first-order valence-corrected chi connectivity index (χ1v) is 10.1. The maximum Gasteiger partial charge on any atom is 0.226 e. The van der Waals surface area contributed by atoms with E-state index in [4.69, 9.17) is 9.47 Å². The van der Waals surface area contributed by atoms with Gasteiger partial charge in [0, 0.05) is 12.0 Å². The van der Waals surface area contributed by atoms with Gasteiger partial charge in [0.05, 0.1) is 31.5 Å². The number of ether oxygens (including phenoxy) is 2. The smallest absolute Gasteiger partial charge is 0.226 e. The molecule has 0 radical (unpaired) electrons. The predicted octanol–water partition coefficient (Wildman–Crippen LogP) is 4.12. The zero-order chi connectivity index (χ0) is 22.3. The Morgan fingerprint density at radius 3 is 2.26 bits per heavy atom. The summed E-state index contributed by atoms with van der Waals surface area (Å²) >= 11 is 0. The van der Waals surface area contributed by atoms with Crippen molar-refractivity contribution in [1.29, 1.82) is 0 Å². The summed E-state index contributed by atoms with van der Waals surface area (Å²) in [6, 6.07) is 11.3. The number of carbonyl (C=O) groups is 2. The van der Waals surface area contributed by atoms with Crippen LogP contribution in [0.5, 0.6) is 11.5 Å². The number of fused-ring (bicyclic) bond motifs is 1. The molecule has 4 rings (SSSR count). The first-order valence-electron chi connectivity index (χ1n) is 10.1. The second kappa shape index (κ2) is 7.91. The van der Waals surface area contributed by atoms with Gasteiger partial charge in [0.2, 0.25) is 5.91 Å². The maximum absolute atomic E-state index is 13.7. The minimum atomic E-state index is -0.686. The Kier molecular flexibility index (Phi) is 5.27. The van der Waals surface area contributed by atoms with Gasteiger partial charge in [0.25, 0.3) is 0 Å². The molecule has 1 N–H and O–H groups in total. The van der Waals surface area contributed by atoms with Crippen molar-refractivity contribution in [3.05, 3.63) is 64.3 Å². The summed E-state index contributed by atoms with van der Waals surface area (Å²) in [7, 11) is 3.02. The van der Waals surface area contributed by atoms with Gasteiger partial charge >= 0.3 is 0 Å². The van der Waals surface area contributed by atoms with Gasteiger partial charge in [-0.15, -0.1) is 0 Å². The predicted molar refractivity (Wildman–Crippen MR) is 118 cm³/mol.